The highest BCUT2D eigenvalue weighted by molar-refractivity contribution is 5.41. The maximum absolute atomic E-state index is 10.0. The van der Waals surface area contributed by atoms with Crippen LogP contribution in [0.25, 0.3) is 0 Å². The van der Waals surface area contributed by atoms with Crippen LogP contribution in [0.15, 0.2) is 48.5 Å². The Kier molecular flexibility index (Phi) is 2.85. The maximum atomic E-state index is 10.0. The van der Waals surface area contributed by atoms with E-state index in [1.165, 1.54) is 0 Å². The topological polar surface area (TPSA) is 44.0 Å². The number of hydrogen-bond donors (Lipinski definition) is 1. The van der Waals surface area contributed by atoms with Gasteiger partial charge in [0.05, 0.1) is 17.2 Å². The molecule has 3 rings (SSSR count). The lowest BCUT2D eigenvalue weighted by Gasteiger charge is -2.09. The lowest BCUT2D eigenvalue weighted by atomic mass is 9.98. The fraction of sp³-hybridized carbons (Fsp3) is 0.235. The van der Waals surface area contributed by atoms with Gasteiger partial charge in [0.2, 0.25) is 0 Å². The fourth-order valence-corrected chi connectivity index (χ4v) is 2.34. The second-order valence-corrected chi connectivity index (χ2v) is 5.17. The van der Waals surface area contributed by atoms with Gasteiger partial charge in [-0.05, 0) is 42.0 Å². The van der Waals surface area contributed by atoms with Gasteiger partial charge in [0, 0.05) is 0 Å². The Morgan fingerprint density at radius 2 is 1.74 bits per heavy atom. The van der Waals surface area contributed by atoms with E-state index in [2.05, 4.69) is 6.07 Å². The van der Waals surface area contributed by atoms with Crippen LogP contribution in [-0.4, -0.2) is 5.11 Å². The molecule has 0 aromatic heterocycles. The molecule has 1 aliphatic carbocycles. The highest BCUT2D eigenvalue weighted by atomic mass is 16.3. The van der Waals surface area contributed by atoms with E-state index in [1.807, 2.05) is 48.5 Å². The first kappa shape index (κ1) is 12.0. The molecule has 2 nitrogen and oxygen atoms in total. The van der Waals surface area contributed by atoms with Crippen molar-refractivity contribution < 1.29 is 5.11 Å². The van der Waals surface area contributed by atoms with E-state index in [0.717, 1.165) is 41.5 Å². The van der Waals surface area contributed by atoms with Crippen molar-refractivity contribution in [3.63, 3.8) is 0 Å². The third-order valence-electron chi connectivity index (χ3n) is 3.75. The molecule has 0 atom stereocenters. The first-order valence-corrected chi connectivity index (χ1v) is 6.51. The molecule has 1 aliphatic rings. The molecule has 0 bridgehead atoms. The lowest BCUT2D eigenvalue weighted by molar-refractivity contribution is 0.151. The van der Waals surface area contributed by atoms with Crippen molar-refractivity contribution in [1.82, 2.24) is 0 Å². The zero-order valence-electron chi connectivity index (χ0n) is 10.6. The minimum atomic E-state index is -0.566. The average Bonchev–Trinajstić information content (AvgIpc) is 3.19. The first-order chi connectivity index (χ1) is 9.21. The van der Waals surface area contributed by atoms with Crippen molar-refractivity contribution in [3.8, 4) is 6.07 Å². The average molecular weight is 249 g/mol. The van der Waals surface area contributed by atoms with Crippen LogP contribution < -0.4 is 0 Å². The molecule has 2 aromatic carbocycles. The Bertz CT molecular complexity index is 633. The Morgan fingerprint density at radius 1 is 1.05 bits per heavy atom. The van der Waals surface area contributed by atoms with E-state index in [1.54, 1.807) is 0 Å². The van der Waals surface area contributed by atoms with E-state index in [9.17, 15) is 5.11 Å². The van der Waals surface area contributed by atoms with Crippen LogP contribution in [0.1, 0.15) is 35.1 Å². The van der Waals surface area contributed by atoms with Gasteiger partial charge in [-0.25, -0.2) is 0 Å². The normalized spacial score (nSPS) is 15.8. The number of benzene rings is 2. The molecule has 0 saturated heterocycles. The molecule has 1 fully saturated rings. The zero-order chi connectivity index (χ0) is 13.3. The van der Waals surface area contributed by atoms with Gasteiger partial charge in [-0.1, -0.05) is 42.5 Å². The monoisotopic (exact) mass is 249 g/mol. The summed E-state index contributed by atoms with van der Waals surface area (Å²) in [4.78, 5) is 0. The smallest absolute Gasteiger partial charge is 0.0994 e. The van der Waals surface area contributed by atoms with Gasteiger partial charge in [-0.2, -0.15) is 5.26 Å². The second-order valence-electron chi connectivity index (χ2n) is 5.17. The van der Waals surface area contributed by atoms with E-state index >= 15 is 0 Å². The van der Waals surface area contributed by atoms with E-state index < -0.39 is 5.60 Å². The highest BCUT2D eigenvalue weighted by Crippen LogP contribution is 2.45. The minimum Gasteiger partial charge on any atom is -0.385 e. The summed E-state index contributed by atoms with van der Waals surface area (Å²) < 4.78 is 0. The molecule has 2 aromatic rings. The fourth-order valence-electron chi connectivity index (χ4n) is 2.34. The molecule has 2 heteroatoms. The van der Waals surface area contributed by atoms with Crippen molar-refractivity contribution >= 4 is 0 Å². The van der Waals surface area contributed by atoms with Crippen LogP contribution in [0.2, 0.25) is 0 Å². The molecular weight excluding hydrogens is 234 g/mol. The van der Waals surface area contributed by atoms with Crippen LogP contribution in [0.5, 0.6) is 0 Å². The molecule has 1 N–H and O–H groups in total. The quantitative estimate of drug-likeness (QED) is 0.908. The van der Waals surface area contributed by atoms with Gasteiger partial charge in [0.15, 0.2) is 0 Å². The number of hydrogen-bond acceptors (Lipinski definition) is 2. The Labute approximate surface area is 112 Å². The molecule has 0 spiro atoms. The second kappa shape index (κ2) is 4.53. The van der Waals surface area contributed by atoms with E-state index in [0.29, 0.717) is 0 Å². The predicted molar refractivity (Wildman–Crippen MR) is 73.5 cm³/mol. The standard InChI is InChI=1S/C17H15NO/c18-12-15-4-2-1-3-14(15)11-13-5-7-16(8-6-13)17(19)9-10-17/h1-8,19H,9-11H2. The van der Waals surface area contributed by atoms with Crippen LogP contribution in [0.4, 0.5) is 0 Å². The molecular formula is C17H15NO. The first-order valence-electron chi connectivity index (χ1n) is 6.51. The number of rotatable bonds is 3. The summed E-state index contributed by atoms with van der Waals surface area (Å²) in [5.41, 5.74) is 3.37. The van der Waals surface area contributed by atoms with Crippen LogP contribution in [0, 0.1) is 11.3 Å². The van der Waals surface area contributed by atoms with Gasteiger partial charge >= 0.3 is 0 Å². The molecule has 19 heavy (non-hydrogen) atoms. The molecule has 94 valence electrons. The van der Waals surface area contributed by atoms with Crippen molar-refractivity contribution in [2.24, 2.45) is 0 Å². The maximum Gasteiger partial charge on any atom is 0.0994 e. The van der Waals surface area contributed by atoms with Crippen molar-refractivity contribution in [3.05, 3.63) is 70.8 Å². The zero-order valence-corrected chi connectivity index (χ0v) is 10.6. The molecule has 0 radical (unpaired) electrons. The van der Waals surface area contributed by atoms with Crippen LogP contribution >= 0.6 is 0 Å². The number of aliphatic hydroxyl groups is 1. The van der Waals surface area contributed by atoms with Crippen molar-refractivity contribution in [1.29, 1.82) is 5.26 Å². The molecule has 0 aliphatic heterocycles. The molecule has 1 saturated carbocycles. The van der Waals surface area contributed by atoms with Crippen molar-refractivity contribution in [2.45, 2.75) is 24.9 Å². The van der Waals surface area contributed by atoms with Crippen LogP contribution in [0.3, 0.4) is 0 Å². The third kappa shape index (κ3) is 2.38. The minimum absolute atomic E-state index is 0.566. The summed E-state index contributed by atoms with van der Waals surface area (Å²) in [5, 5.41) is 19.1. The van der Waals surface area contributed by atoms with Crippen molar-refractivity contribution in [2.75, 3.05) is 0 Å². The summed E-state index contributed by atoms with van der Waals surface area (Å²) in [5.74, 6) is 0. The van der Waals surface area contributed by atoms with Gasteiger partial charge < -0.3 is 5.11 Å². The Balaban J connectivity index is 1.82. The predicted octanol–water partition coefficient (Wildman–Crippen LogP) is 3.13. The summed E-state index contributed by atoms with van der Waals surface area (Å²) in [6, 6.07) is 18.0. The summed E-state index contributed by atoms with van der Waals surface area (Å²) in [6.45, 7) is 0. The summed E-state index contributed by atoms with van der Waals surface area (Å²) in [6.07, 6.45) is 2.48. The van der Waals surface area contributed by atoms with Gasteiger partial charge in [0.1, 0.15) is 0 Å². The van der Waals surface area contributed by atoms with E-state index in [4.69, 9.17) is 5.26 Å². The Hall–Kier alpha value is -2.11. The lowest BCUT2D eigenvalue weighted by Crippen LogP contribution is -2.03. The summed E-state index contributed by atoms with van der Waals surface area (Å²) >= 11 is 0. The SMILES string of the molecule is N#Cc1ccccc1Cc1ccc(C2(O)CC2)cc1. The van der Waals surface area contributed by atoms with Gasteiger partial charge in [-0.3, -0.25) is 0 Å². The van der Waals surface area contributed by atoms with Gasteiger partial charge in [-0.15, -0.1) is 0 Å². The Morgan fingerprint density at radius 3 is 2.37 bits per heavy atom. The van der Waals surface area contributed by atoms with Gasteiger partial charge in [0.25, 0.3) is 0 Å². The third-order valence-corrected chi connectivity index (χ3v) is 3.75. The van der Waals surface area contributed by atoms with Crippen LogP contribution in [-0.2, 0) is 12.0 Å². The largest absolute Gasteiger partial charge is 0.385 e. The highest BCUT2D eigenvalue weighted by Gasteiger charge is 2.41. The molecule has 0 heterocycles. The summed E-state index contributed by atoms with van der Waals surface area (Å²) in [7, 11) is 0. The number of nitriles is 1. The van der Waals surface area contributed by atoms with E-state index in [-0.39, 0.29) is 0 Å². The molecule has 0 amide bonds. The number of nitrogens with zero attached hydrogens (tertiary/aromatic N) is 1. The molecule has 0 unspecified atom stereocenters.